The van der Waals surface area contributed by atoms with Gasteiger partial charge in [-0.25, -0.2) is 0 Å². The zero-order valence-corrected chi connectivity index (χ0v) is 17.1. The standard InChI is InChI=1S/C23H19N3O3S/c1-28-19-13-9-17(10-14-19)23-26-25-22(29-23)16-7-11-18(12-8-16)24-21(27)15-30-20-5-3-2-4-6-20/h2-14H,15H2,1H3,(H,24,27). The predicted octanol–water partition coefficient (Wildman–Crippen LogP) is 5.14. The first-order valence-corrected chi connectivity index (χ1v) is 10.3. The van der Waals surface area contributed by atoms with E-state index < -0.39 is 0 Å². The van der Waals surface area contributed by atoms with Gasteiger partial charge in [0.2, 0.25) is 17.7 Å². The molecule has 7 heteroatoms. The molecular weight excluding hydrogens is 398 g/mol. The minimum absolute atomic E-state index is 0.0591. The maximum absolute atomic E-state index is 12.2. The van der Waals surface area contributed by atoms with Gasteiger partial charge in [-0.2, -0.15) is 0 Å². The van der Waals surface area contributed by atoms with Gasteiger partial charge in [-0.3, -0.25) is 4.79 Å². The number of thioether (sulfide) groups is 1. The van der Waals surface area contributed by atoms with Crippen LogP contribution < -0.4 is 10.1 Å². The molecule has 0 unspecified atom stereocenters. The van der Waals surface area contributed by atoms with E-state index in [2.05, 4.69) is 15.5 Å². The van der Waals surface area contributed by atoms with Gasteiger partial charge in [0.1, 0.15) is 5.75 Å². The van der Waals surface area contributed by atoms with Gasteiger partial charge in [-0.05, 0) is 60.7 Å². The number of benzene rings is 3. The van der Waals surface area contributed by atoms with Crippen molar-refractivity contribution in [2.75, 3.05) is 18.2 Å². The summed E-state index contributed by atoms with van der Waals surface area (Å²) in [7, 11) is 1.62. The van der Waals surface area contributed by atoms with Crippen molar-refractivity contribution in [3.63, 3.8) is 0 Å². The lowest BCUT2D eigenvalue weighted by Crippen LogP contribution is -2.13. The maximum Gasteiger partial charge on any atom is 0.248 e. The first-order valence-electron chi connectivity index (χ1n) is 9.27. The Bertz CT molecular complexity index is 1110. The molecule has 1 amide bonds. The van der Waals surface area contributed by atoms with E-state index >= 15 is 0 Å². The Hall–Kier alpha value is -3.58. The Morgan fingerprint density at radius 2 is 1.50 bits per heavy atom. The first kappa shape index (κ1) is 19.7. The fourth-order valence-corrected chi connectivity index (χ4v) is 3.47. The van der Waals surface area contributed by atoms with E-state index in [1.165, 1.54) is 11.8 Å². The number of carbonyl (C=O) groups excluding carboxylic acids is 1. The van der Waals surface area contributed by atoms with Crippen molar-refractivity contribution in [2.24, 2.45) is 0 Å². The molecule has 4 rings (SSSR count). The molecule has 0 spiro atoms. The van der Waals surface area contributed by atoms with Crippen molar-refractivity contribution >= 4 is 23.4 Å². The maximum atomic E-state index is 12.2. The quantitative estimate of drug-likeness (QED) is 0.420. The second-order valence-electron chi connectivity index (χ2n) is 6.37. The van der Waals surface area contributed by atoms with Crippen LogP contribution in [-0.2, 0) is 4.79 Å². The Labute approximate surface area is 178 Å². The monoisotopic (exact) mass is 417 g/mol. The molecule has 0 fully saturated rings. The molecule has 0 saturated heterocycles. The molecule has 150 valence electrons. The molecule has 3 aromatic carbocycles. The van der Waals surface area contributed by atoms with Crippen LogP contribution in [0.25, 0.3) is 22.9 Å². The van der Waals surface area contributed by atoms with Crippen LogP contribution in [0.2, 0.25) is 0 Å². The highest BCUT2D eigenvalue weighted by Gasteiger charge is 2.11. The van der Waals surface area contributed by atoms with Crippen LogP contribution >= 0.6 is 11.8 Å². The van der Waals surface area contributed by atoms with Crippen LogP contribution in [0.5, 0.6) is 5.75 Å². The second-order valence-corrected chi connectivity index (χ2v) is 7.42. The van der Waals surface area contributed by atoms with E-state index in [0.717, 1.165) is 21.8 Å². The molecule has 0 aliphatic carbocycles. The average Bonchev–Trinajstić information content (AvgIpc) is 3.29. The van der Waals surface area contributed by atoms with Crippen LogP contribution in [0.3, 0.4) is 0 Å². The molecule has 0 radical (unpaired) electrons. The molecule has 1 N–H and O–H groups in total. The number of methoxy groups -OCH3 is 1. The summed E-state index contributed by atoms with van der Waals surface area (Å²) < 4.78 is 10.9. The fraction of sp³-hybridized carbons (Fsp3) is 0.0870. The SMILES string of the molecule is COc1ccc(-c2nnc(-c3ccc(NC(=O)CSc4ccccc4)cc3)o2)cc1. The number of hydrogen-bond donors (Lipinski definition) is 1. The molecule has 0 aliphatic heterocycles. The van der Waals surface area contributed by atoms with Crippen molar-refractivity contribution in [3.05, 3.63) is 78.9 Å². The highest BCUT2D eigenvalue weighted by Crippen LogP contribution is 2.26. The number of ether oxygens (including phenoxy) is 1. The van der Waals surface area contributed by atoms with Crippen LogP contribution in [0, 0.1) is 0 Å². The van der Waals surface area contributed by atoms with E-state index in [1.54, 1.807) is 7.11 Å². The van der Waals surface area contributed by atoms with Gasteiger partial charge < -0.3 is 14.5 Å². The van der Waals surface area contributed by atoms with Crippen molar-refractivity contribution in [2.45, 2.75) is 4.90 Å². The number of amides is 1. The fourth-order valence-electron chi connectivity index (χ4n) is 2.75. The zero-order chi connectivity index (χ0) is 20.8. The molecule has 0 aliphatic rings. The Kier molecular flexibility index (Phi) is 6.10. The summed E-state index contributed by atoms with van der Waals surface area (Å²) in [6, 6.07) is 24.5. The summed E-state index contributed by atoms with van der Waals surface area (Å²) in [6.45, 7) is 0. The number of carbonyl (C=O) groups is 1. The number of nitrogens with zero attached hydrogens (tertiary/aromatic N) is 2. The van der Waals surface area contributed by atoms with Gasteiger partial charge in [0.15, 0.2) is 0 Å². The van der Waals surface area contributed by atoms with Gasteiger partial charge in [0.05, 0.1) is 12.9 Å². The lowest BCUT2D eigenvalue weighted by atomic mass is 10.2. The second kappa shape index (κ2) is 9.28. The minimum Gasteiger partial charge on any atom is -0.497 e. The molecule has 0 bridgehead atoms. The summed E-state index contributed by atoms with van der Waals surface area (Å²) >= 11 is 1.50. The highest BCUT2D eigenvalue weighted by atomic mass is 32.2. The Balaban J connectivity index is 1.37. The predicted molar refractivity (Wildman–Crippen MR) is 118 cm³/mol. The zero-order valence-electron chi connectivity index (χ0n) is 16.2. The van der Waals surface area contributed by atoms with Crippen molar-refractivity contribution in [1.29, 1.82) is 0 Å². The number of rotatable bonds is 7. The van der Waals surface area contributed by atoms with Crippen LogP contribution in [0.4, 0.5) is 5.69 Å². The number of anilines is 1. The molecule has 1 aromatic heterocycles. The third kappa shape index (κ3) is 4.87. The summed E-state index contributed by atoms with van der Waals surface area (Å²) in [5.41, 5.74) is 2.31. The number of aromatic nitrogens is 2. The van der Waals surface area contributed by atoms with Gasteiger partial charge >= 0.3 is 0 Å². The molecule has 6 nitrogen and oxygen atoms in total. The van der Waals surface area contributed by atoms with Crippen LogP contribution in [-0.4, -0.2) is 29.0 Å². The summed E-state index contributed by atoms with van der Waals surface area (Å²) in [5.74, 6) is 1.90. The third-order valence-electron chi connectivity index (χ3n) is 4.29. The highest BCUT2D eigenvalue weighted by molar-refractivity contribution is 8.00. The molecule has 30 heavy (non-hydrogen) atoms. The number of hydrogen-bond acceptors (Lipinski definition) is 6. The Morgan fingerprint density at radius 1 is 0.900 bits per heavy atom. The van der Waals surface area contributed by atoms with Crippen molar-refractivity contribution < 1.29 is 13.9 Å². The van der Waals surface area contributed by atoms with Gasteiger partial charge in [0, 0.05) is 21.7 Å². The molecule has 0 atom stereocenters. The van der Waals surface area contributed by atoms with E-state index in [9.17, 15) is 4.79 Å². The molecule has 1 heterocycles. The van der Waals surface area contributed by atoms with E-state index in [1.807, 2.05) is 78.9 Å². The topological polar surface area (TPSA) is 77.3 Å². The smallest absolute Gasteiger partial charge is 0.248 e. The number of nitrogens with one attached hydrogen (secondary N) is 1. The van der Waals surface area contributed by atoms with Gasteiger partial charge in [-0.15, -0.1) is 22.0 Å². The van der Waals surface area contributed by atoms with Crippen molar-refractivity contribution in [1.82, 2.24) is 10.2 Å². The lowest BCUT2D eigenvalue weighted by molar-refractivity contribution is -0.113. The summed E-state index contributed by atoms with van der Waals surface area (Å²) in [6.07, 6.45) is 0. The van der Waals surface area contributed by atoms with Gasteiger partial charge in [-0.1, -0.05) is 18.2 Å². The lowest BCUT2D eigenvalue weighted by Gasteiger charge is -2.05. The Morgan fingerprint density at radius 3 is 2.10 bits per heavy atom. The molecular formula is C23H19N3O3S. The molecule has 4 aromatic rings. The summed E-state index contributed by atoms with van der Waals surface area (Å²) in [4.78, 5) is 13.2. The average molecular weight is 417 g/mol. The van der Waals surface area contributed by atoms with Crippen molar-refractivity contribution in [3.8, 4) is 28.7 Å². The van der Waals surface area contributed by atoms with Crippen LogP contribution in [0.15, 0.2) is 88.2 Å². The van der Waals surface area contributed by atoms with E-state index in [4.69, 9.17) is 9.15 Å². The van der Waals surface area contributed by atoms with Gasteiger partial charge in [0.25, 0.3) is 0 Å². The van der Waals surface area contributed by atoms with Crippen LogP contribution in [0.1, 0.15) is 0 Å². The van der Waals surface area contributed by atoms with E-state index in [0.29, 0.717) is 23.2 Å². The minimum atomic E-state index is -0.0591. The molecule has 0 saturated carbocycles. The largest absolute Gasteiger partial charge is 0.497 e. The summed E-state index contributed by atoms with van der Waals surface area (Å²) in [5, 5.41) is 11.1. The first-order chi connectivity index (χ1) is 14.7. The third-order valence-corrected chi connectivity index (χ3v) is 5.30. The normalized spacial score (nSPS) is 10.6. The van der Waals surface area contributed by atoms with E-state index in [-0.39, 0.29) is 5.91 Å².